The second kappa shape index (κ2) is 6.13. The molecular formula is C17H16N4O. The molecule has 0 radical (unpaired) electrons. The lowest BCUT2D eigenvalue weighted by Crippen LogP contribution is -1.99. The molecule has 5 nitrogen and oxygen atoms in total. The number of H-pyrrole nitrogens is 1. The molecule has 2 aromatic carbocycles. The fourth-order valence-corrected chi connectivity index (χ4v) is 2.04. The lowest BCUT2D eigenvalue weighted by molar-refractivity contribution is 0.467. The van der Waals surface area contributed by atoms with Crippen LogP contribution in [0.1, 0.15) is 5.56 Å². The Hall–Kier alpha value is -3.08. The molecule has 0 unspecified atom stereocenters. The molecule has 5 heteroatoms. The number of nitrogens with zero attached hydrogens (tertiary/aromatic N) is 3. The van der Waals surface area contributed by atoms with Crippen LogP contribution >= 0.6 is 0 Å². The van der Waals surface area contributed by atoms with Crippen LogP contribution in [-0.4, -0.2) is 25.1 Å². The van der Waals surface area contributed by atoms with Crippen molar-refractivity contribution < 1.29 is 5.11 Å². The van der Waals surface area contributed by atoms with Crippen molar-refractivity contribution in [2.24, 2.45) is 0 Å². The molecule has 2 aromatic heterocycles. The monoisotopic (exact) mass is 292 g/mol. The lowest BCUT2D eigenvalue weighted by Gasteiger charge is -2.03. The van der Waals surface area contributed by atoms with Crippen molar-refractivity contribution in [2.75, 3.05) is 0 Å². The van der Waals surface area contributed by atoms with Gasteiger partial charge in [0, 0.05) is 12.4 Å². The van der Waals surface area contributed by atoms with Crippen molar-refractivity contribution in [3.05, 3.63) is 72.6 Å². The topological polar surface area (TPSA) is 66.7 Å². The minimum atomic E-state index is 0.177. The first kappa shape index (κ1) is 13.9. The van der Waals surface area contributed by atoms with E-state index in [0.717, 1.165) is 16.6 Å². The summed E-state index contributed by atoms with van der Waals surface area (Å²) < 4.78 is 0. The first-order valence-electron chi connectivity index (χ1n) is 6.94. The Balaban J connectivity index is 0.000000246. The Morgan fingerprint density at radius 3 is 2.09 bits per heavy atom. The fourth-order valence-electron chi connectivity index (χ4n) is 2.04. The summed E-state index contributed by atoms with van der Waals surface area (Å²) in [6.45, 7) is 1.96. The number of aromatic amines is 1. The van der Waals surface area contributed by atoms with Gasteiger partial charge in [0.2, 0.25) is 0 Å². The van der Waals surface area contributed by atoms with E-state index >= 15 is 0 Å². The molecule has 0 bridgehead atoms. The van der Waals surface area contributed by atoms with Crippen molar-refractivity contribution >= 4 is 11.0 Å². The molecule has 0 saturated carbocycles. The van der Waals surface area contributed by atoms with Crippen molar-refractivity contribution in [1.29, 1.82) is 0 Å². The van der Waals surface area contributed by atoms with Crippen molar-refractivity contribution in [1.82, 2.24) is 20.0 Å². The third kappa shape index (κ3) is 2.98. The highest BCUT2D eigenvalue weighted by Gasteiger charge is 2.08. The molecular weight excluding hydrogens is 276 g/mol. The highest BCUT2D eigenvalue weighted by molar-refractivity contribution is 5.73. The van der Waals surface area contributed by atoms with E-state index in [1.165, 1.54) is 4.80 Å². The molecule has 0 saturated heterocycles. The number of rotatable bonds is 1. The number of aromatic nitrogens is 4. The molecule has 0 aliphatic heterocycles. The predicted octanol–water partition coefficient (Wildman–Crippen LogP) is 3.45. The number of benzene rings is 2. The van der Waals surface area contributed by atoms with E-state index in [1.54, 1.807) is 6.07 Å². The minimum Gasteiger partial charge on any atom is -0.506 e. The van der Waals surface area contributed by atoms with E-state index in [9.17, 15) is 5.11 Å². The summed E-state index contributed by atoms with van der Waals surface area (Å²) in [6.07, 6.45) is 3.75. The van der Waals surface area contributed by atoms with Crippen LogP contribution in [0, 0.1) is 6.92 Å². The zero-order valence-corrected chi connectivity index (χ0v) is 12.1. The van der Waals surface area contributed by atoms with Gasteiger partial charge in [0.25, 0.3) is 0 Å². The van der Waals surface area contributed by atoms with Crippen LogP contribution in [-0.2, 0) is 0 Å². The maximum atomic E-state index is 9.81. The quantitative estimate of drug-likeness (QED) is 0.564. The molecule has 0 fully saturated rings. The normalized spacial score (nSPS) is 10.2. The summed E-state index contributed by atoms with van der Waals surface area (Å²) in [5.74, 6) is 0.177. The smallest absolute Gasteiger partial charge is 0.143 e. The number of hydrogen-bond acceptors (Lipinski definition) is 3. The van der Waals surface area contributed by atoms with Gasteiger partial charge in [0.1, 0.15) is 22.5 Å². The number of phenols is 1. The molecule has 22 heavy (non-hydrogen) atoms. The molecule has 4 aromatic rings. The molecule has 4 rings (SSSR count). The van der Waals surface area contributed by atoms with Crippen LogP contribution in [0.15, 0.2) is 67.0 Å². The van der Waals surface area contributed by atoms with Gasteiger partial charge in [-0.3, -0.25) is 0 Å². The van der Waals surface area contributed by atoms with E-state index in [4.69, 9.17) is 0 Å². The SMILES string of the molecule is Cc1ccc(O)c(-n2nc3ccccc3n2)c1.c1cc[nH]c1. The largest absolute Gasteiger partial charge is 0.506 e. The lowest BCUT2D eigenvalue weighted by atomic mass is 10.2. The number of nitrogens with one attached hydrogen (secondary N) is 1. The van der Waals surface area contributed by atoms with Gasteiger partial charge in [-0.05, 0) is 48.9 Å². The van der Waals surface area contributed by atoms with Gasteiger partial charge in [0.05, 0.1) is 0 Å². The maximum absolute atomic E-state index is 9.81. The van der Waals surface area contributed by atoms with Crippen molar-refractivity contribution in [3.63, 3.8) is 0 Å². The highest BCUT2D eigenvalue weighted by atomic mass is 16.3. The summed E-state index contributed by atoms with van der Waals surface area (Å²) in [4.78, 5) is 4.33. The van der Waals surface area contributed by atoms with Crippen LogP contribution in [0.3, 0.4) is 0 Å². The number of aryl methyl sites for hydroxylation is 1. The van der Waals surface area contributed by atoms with E-state index in [-0.39, 0.29) is 5.75 Å². The molecule has 0 spiro atoms. The standard InChI is InChI=1S/C13H11N3O.C4H5N/c1-9-6-7-13(17)12(8-9)16-14-10-4-2-3-5-11(10)15-16;1-2-4-5-3-1/h2-8,17H,1H3;1-5H. The Kier molecular flexibility index (Phi) is 3.87. The summed E-state index contributed by atoms with van der Waals surface area (Å²) in [5, 5.41) is 18.5. The maximum Gasteiger partial charge on any atom is 0.143 e. The molecule has 2 heterocycles. The molecule has 2 N–H and O–H groups in total. The Bertz CT molecular complexity index is 815. The number of aromatic hydroxyl groups is 1. The number of hydrogen-bond donors (Lipinski definition) is 2. The van der Waals surface area contributed by atoms with Gasteiger partial charge in [-0.2, -0.15) is 0 Å². The third-order valence-corrected chi connectivity index (χ3v) is 3.13. The van der Waals surface area contributed by atoms with Crippen LogP contribution in [0.2, 0.25) is 0 Å². The average Bonchev–Trinajstić information content (AvgIpc) is 3.21. The summed E-state index contributed by atoms with van der Waals surface area (Å²) in [7, 11) is 0. The van der Waals surface area contributed by atoms with E-state index in [2.05, 4.69) is 15.2 Å². The van der Waals surface area contributed by atoms with Gasteiger partial charge >= 0.3 is 0 Å². The number of phenolic OH excluding ortho intramolecular Hbond substituents is 1. The average molecular weight is 292 g/mol. The summed E-state index contributed by atoms with van der Waals surface area (Å²) >= 11 is 0. The molecule has 110 valence electrons. The van der Waals surface area contributed by atoms with Crippen molar-refractivity contribution in [2.45, 2.75) is 6.92 Å². The Morgan fingerprint density at radius 1 is 0.909 bits per heavy atom. The molecule has 0 aliphatic rings. The van der Waals surface area contributed by atoms with Gasteiger partial charge < -0.3 is 10.1 Å². The fraction of sp³-hybridized carbons (Fsp3) is 0.0588. The summed E-state index contributed by atoms with van der Waals surface area (Å²) in [6, 6.07) is 16.9. The summed E-state index contributed by atoms with van der Waals surface area (Å²) in [5.41, 5.74) is 3.28. The first-order chi connectivity index (χ1) is 10.7. The molecule has 0 aliphatic carbocycles. The highest BCUT2D eigenvalue weighted by Crippen LogP contribution is 2.22. The van der Waals surface area contributed by atoms with Gasteiger partial charge in [-0.1, -0.05) is 18.2 Å². The Labute approximate surface area is 127 Å². The Morgan fingerprint density at radius 2 is 1.55 bits per heavy atom. The van der Waals surface area contributed by atoms with Crippen LogP contribution in [0.5, 0.6) is 5.75 Å². The molecule has 0 atom stereocenters. The van der Waals surface area contributed by atoms with E-state index in [1.807, 2.05) is 67.8 Å². The van der Waals surface area contributed by atoms with Gasteiger partial charge in [0.15, 0.2) is 0 Å². The molecule has 0 amide bonds. The zero-order chi connectivity index (χ0) is 15.4. The zero-order valence-electron chi connectivity index (χ0n) is 12.1. The van der Waals surface area contributed by atoms with E-state index in [0.29, 0.717) is 5.69 Å². The second-order valence-corrected chi connectivity index (χ2v) is 4.86. The minimum absolute atomic E-state index is 0.177. The first-order valence-corrected chi connectivity index (χ1v) is 6.94. The third-order valence-electron chi connectivity index (χ3n) is 3.13. The van der Waals surface area contributed by atoms with Gasteiger partial charge in [-0.15, -0.1) is 15.0 Å². The van der Waals surface area contributed by atoms with Gasteiger partial charge in [-0.25, -0.2) is 0 Å². The van der Waals surface area contributed by atoms with Crippen LogP contribution in [0.25, 0.3) is 16.7 Å². The predicted molar refractivity (Wildman–Crippen MR) is 86.1 cm³/mol. The number of fused-ring (bicyclic) bond motifs is 1. The van der Waals surface area contributed by atoms with E-state index < -0.39 is 0 Å². The van der Waals surface area contributed by atoms with Crippen LogP contribution in [0.4, 0.5) is 0 Å². The van der Waals surface area contributed by atoms with Crippen molar-refractivity contribution in [3.8, 4) is 11.4 Å². The van der Waals surface area contributed by atoms with Crippen LogP contribution < -0.4 is 0 Å². The second-order valence-electron chi connectivity index (χ2n) is 4.86.